The van der Waals surface area contributed by atoms with Gasteiger partial charge < -0.3 is 32.5 Å². The minimum atomic E-state index is -1.40. The van der Waals surface area contributed by atoms with Crippen LogP contribution in [0.15, 0.2) is 0 Å². The Morgan fingerprint density at radius 1 is 0.960 bits per heavy atom. The minimum absolute atomic E-state index is 0.195. The fraction of sp³-hybridized carbons (Fsp3) is 0.615. The van der Waals surface area contributed by atoms with E-state index in [0.717, 1.165) is 0 Å². The van der Waals surface area contributed by atoms with Crippen LogP contribution >= 0.6 is 12.6 Å². The second-order valence-corrected chi connectivity index (χ2v) is 5.70. The molecule has 0 aliphatic rings. The Hall–Kier alpha value is -2.34. The van der Waals surface area contributed by atoms with E-state index in [0.29, 0.717) is 0 Å². The Morgan fingerprint density at radius 2 is 1.48 bits per heavy atom. The molecular weight excluding hydrogens is 354 g/mol. The second kappa shape index (κ2) is 10.5. The van der Waals surface area contributed by atoms with Gasteiger partial charge in [0.25, 0.3) is 0 Å². The third-order valence-corrected chi connectivity index (χ3v) is 3.37. The first-order valence-corrected chi connectivity index (χ1v) is 7.91. The third-order valence-electron chi connectivity index (χ3n) is 3.00. The predicted molar refractivity (Wildman–Crippen MR) is 90.4 cm³/mol. The lowest BCUT2D eigenvalue weighted by molar-refractivity contribution is -0.141. The fourth-order valence-electron chi connectivity index (χ4n) is 1.58. The molecule has 0 spiro atoms. The maximum Gasteiger partial charge on any atom is 0.327 e. The summed E-state index contributed by atoms with van der Waals surface area (Å²) in [6.07, 6.45) is -0.551. The Balaban J connectivity index is 5.00. The van der Waals surface area contributed by atoms with Gasteiger partial charge in [-0.05, 0) is 13.8 Å². The number of carbonyl (C=O) groups is 5. The lowest BCUT2D eigenvalue weighted by Crippen LogP contribution is -2.57. The normalized spacial score (nSPS) is 15.2. The van der Waals surface area contributed by atoms with E-state index in [1.54, 1.807) is 0 Å². The standard InChI is InChI=1S/C13H23N5O6S/c1-5(14)10(20)16-6(2)11(21)17-7(3-9(15)19)12(22)18-8(4-25)13(23)24/h5-8,25H,3-4,14H2,1-2H3,(H2,15,19)(H,16,20)(H,17,21)(H,18,22)(H,23,24). The smallest absolute Gasteiger partial charge is 0.327 e. The number of carboxylic acids is 1. The van der Waals surface area contributed by atoms with Gasteiger partial charge in [-0.15, -0.1) is 0 Å². The van der Waals surface area contributed by atoms with Crippen molar-refractivity contribution in [2.24, 2.45) is 11.5 Å². The van der Waals surface area contributed by atoms with Crippen molar-refractivity contribution in [2.75, 3.05) is 5.75 Å². The van der Waals surface area contributed by atoms with Crippen molar-refractivity contribution in [3.63, 3.8) is 0 Å². The van der Waals surface area contributed by atoms with E-state index in [1.165, 1.54) is 13.8 Å². The molecule has 4 atom stereocenters. The van der Waals surface area contributed by atoms with Crippen LogP contribution in [-0.4, -0.2) is 64.6 Å². The molecule has 0 heterocycles. The van der Waals surface area contributed by atoms with Gasteiger partial charge in [0.05, 0.1) is 12.5 Å². The number of carbonyl (C=O) groups excluding carboxylic acids is 4. The highest BCUT2D eigenvalue weighted by atomic mass is 32.1. The molecule has 11 nitrogen and oxygen atoms in total. The summed E-state index contributed by atoms with van der Waals surface area (Å²) in [6.45, 7) is 2.77. The molecule has 0 rings (SSSR count). The number of thiol groups is 1. The summed E-state index contributed by atoms with van der Waals surface area (Å²) < 4.78 is 0. The number of carboxylic acid groups (broad SMARTS) is 1. The Morgan fingerprint density at radius 3 is 1.88 bits per heavy atom. The fourth-order valence-corrected chi connectivity index (χ4v) is 1.82. The molecule has 0 saturated heterocycles. The van der Waals surface area contributed by atoms with Gasteiger partial charge in [-0.25, -0.2) is 4.79 Å². The van der Waals surface area contributed by atoms with Crippen molar-refractivity contribution in [3.8, 4) is 0 Å². The predicted octanol–water partition coefficient (Wildman–Crippen LogP) is -3.30. The zero-order chi connectivity index (χ0) is 19.7. The number of aliphatic carboxylic acids is 1. The molecule has 0 fully saturated rings. The highest BCUT2D eigenvalue weighted by molar-refractivity contribution is 7.80. The molecule has 0 saturated carbocycles. The minimum Gasteiger partial charge on any atom is -0.480 e. The zero-order valence-corrected chi connectivity index (χ0v) is 14.7. The van der Waals surface area contributed by atoms with Crippen LogP contribution in [0.3, 0.4) is 0 Å². The van der Waals surface area contributed by atoms with Crippen LogP contribution in [0.25, 0.3) is 0 Å². The van der Waals surface area contributed by atoms with E-state index in [4.69, 9.17) is 16.6 Å². The number of amides is 4. The van der Waals surface area contributed by atoms with E-state index in [9.17, 15) is 24.0 Å². The van der Waals surface area contributed by atoms with Crippen molar-refractivity contribution in [1.82, 2.24) is 16.0 Å². The van der Waals surface area contributed by atoms with Crippen LogP contribution in [0.1, 0.15) is 20.3 Å². The van der Waals surface area contributed by atoms with E-state index >= 15 is 0 Å². The van der Waals surface area contributed by atoms with Gasteiger partial charge in [0.2, 0.25) is 23.6 Å². The van der Waals surface area contributed by atoms with Gasteiger partial charge >= 0.3 is 5.97 Å². The molecule has 0 radical (unpaired) electrons. The van der Waals surface area contributed by atoms with Crippen LogP contribution in [0, 0.1) is 0 Å². The maximum atomic E-state index is 12.1. The average Bonchev–Trinajstić information content (AvgIpc) is 2.50. The van der Waals surface area contributed by atoms with Gasteiger partial charge in [-0.1, -0.05) is 0 Å². The number of primary amides is 1. The molecule has 8 N–H and O–H groups in total. The molecule has 0 aromatic carbocycles. The van der Waals surface area contributed by atoms with E-state index in [2.05, 4.69) is 28.6 Å². The molecule has 0 aromatic heterocycles. The number of nitrogens with two attached hydrogens (primary N) is 2. The highest BCUT2D eigenvalue weighted by Gasteiger charge is 2.29. The molecule has 25 heavy (non-hydrogen) atoms. The third kappa shape index (κ3) is 8.35. The molecule has 142 valence electrons. The Labute approximate surface area is 149 Å². The lowest BCUT2D eigenvalue weighted by atomic mass is 10.1. The summed E-state index contributed by atoms with van der Waals surface area (Å²) in [4.78, 5) is 57.6. The molecular formula is C13H23N5O6S. The Bertz CT molecular complexity index is 541. The van der Waals surface area contributed by atoms with Gasteiger partial charge in [0, 0.05) is 5.75 Å². The second-order valence-electron chi connectivity index (χ2n) is 5.33. The maximum absolute atomic E-state index is 12.1. The zero-order valence-electron chi connectivity index (χ0n) is 13.8. The number of nitrogens with one attached hydrogen (secondary N) is 3. The van der Waals surface area contributed by atoms with Crippen LogP contribution in [0.5, 0.6) is 0 Å². The van der Waals surface area contributed by atoms with Gasteiger partial charge in [0.1, 0.15) is 18.1 Å². The molecule has 0 aliphatic heterocycles. The number of hydrogen-bond acceptors (Lipinski definition) is 7. The molecule has 4 unspecified atom stereocenters. The van der Waals surface area contributed by atoms with E-state index in [-0.39, 0.29) is 5.75 Å². The van der Waals surface area contributed by atoms with E-state index in [1.807, 2.05) is 0 Å². The quantitative estimate of drug-likeness (QED) is 0.194. The average molecular weight is 377 g/mol. The van der Waals surface area contributed by atoms with Crippen LogP contribution in [0.4, 0.5) is 0 Å². The first-order valence-electron chi connectivity index (χ1n) is 7.28. The molecule has 0 aromatic rings. The number of hydrogen-bond donors (Lipinski definition) is 7. The van der Waals surface area contributed by atoms with Gasteiger partial charge in [0.15, 0.2) is 0 Å². The molecule has 0 aliphatic carbocycles. The lowest BCUT2D eigenvalue weighted by Gasteiger charge is -2.22. The SMILES string of the molecule is CC(N)C(=O)NC(C)C(=O)NC(CC(N)=O)C(=O)NC(CS)C(=O)O. The van der Waals surface area contributed by atoms with Gasteiger partial charge in [-0.2, -0.15) is 12.6 Å². The van der Waals surface area contributed by atoms with Crippen molar-refractivity contribution in [3.05, 3.63) is 0 Å². The van der Waals surface area contributed by atoms with Crippen LogP contribution in [-0.2, 0) is 24.0 Å². The first kappa shape index (κ1) is 22.7. The van der Waals surface area contributed by atoms with Crippen molar-refractivity contribution < 1.29 is 29.1 Å². The highest BCUT2D eigenvalue weighted by Crippen LogP contribution is 1.97. The molecule has 4 amide bonds. The summed E-state index contributed by atoms with van der Waals surface area (Å²) in [5.41, 5.74) is 10.4. The van der Waals surface area contributed by atoms with E-state index < -0.39 is 60.2 Å². The van der Waals surface area contributed by atoms with Crippen molar-refractivity contribution in [1.29, 1.82) is 0 Å². The van der Waals surface area contributed by atoms with Gasteiger partial charge in [-0.3, -0.25) is 19.2 Å². The summed E-state index contributed by atoms with van der Waals surface area (Å²) in [5.74, 6) is -4.68. The van der Waals surface area contributed by atoms with Crippen molar-refractivity contribution >= 4 is 42.2 Å². The summed E-state index contributed by atoms with van der Waals surface area (Å²) >= 11 is 3.79. The van der Waals surface area contributed by atoms with Crippen LogP contribution in [0.2, 0.25) is 0 Å². The molecule has 12 heteroatoms. The number of rotatable bonds is 10. The topological polar surface area (TPSA) is 194 Å². The largest absolute Gasteiger partial charge is 0.480 e. The summed E-state index contributed by atoms with van der Waals surface area (Å²) in [7, 11) is 0. The Kier molecular flexibility index (Phi) is 9.53. The first-order chi connectivity index (χ1) is 11.5. The van der Waals surface area contributed by atoms with Crippen molar-refractivity contribution in [2.45, 2.75) is 44.4 Å². The monoisotopic (exact) mass is 377 g/mol. The molecule has 0 bridgehead atoms. The summed E-state index contributed by atoms with van der Waals surface area (Å²) in [6, 6.07) is -4.59. The van der Waals surface area contributed by atoms with Crippen LogP contribution < -0.4 is 27.4 Å². The summed E-state index contributed by atoms with van der Waals surface area (Å²) in [5, 5.41) is 15.6.